The van der Waals surface area contributed by atoms with Gasteiger partial charge in [0, 0.05) is 41.7 Å². The molecule has 5 heteroatoms. The van der Waals surface area contributed by atoms with Crippen LogP contribution in [0.5, 0.6) is 0 Å². The number of H-pyrrole nitrogens is 1. The van der Waals surface area contributed by atoms with E-state index in [0.29, 0.717) is 5.41 Å². The molecule has 4 aromatic rings. The van der Waals surface area contributed by atoms with Gasteiger partial charge in [-0.1, -0.05) is 38.1 Å². The maximum absolute atomic E-state index is 4.77. The number of benzene rings is 2. The Morgan fingerprint density at radius 2 is 2.10 bits per heavy atom. The normalized spacial score (nSPS) is 15.7. The van der Waals surface area contributed by atoms with Gasteiger partial charge in [-0.15, -0.1) is 0 Å². The lowest BCUT2D eigenvalue weighted by molar-refractivity contribution is 0.312. The number of aromatic amines is 1. The first kappa shape index (κ1) is 18.8. The van der Waals surface area contributed by atoms with Crippen LogP contribution in [0.3, 0.4) is 0 Å². The average Bonchev–Trinajstić information content (AvgIpc) is 3.30. The summed E-state index contributed by atoms with van der Waals surface area (Å²) in [6.07, 6.45) is 7.36. The summed E-state index contributed by atoms with van der Waals surface area (Å²) in [7, 11) is 1.79. The fourth-order valence-corrected chi connectivity index (χ4v) is 4.50. The van der Waals surface area contributed by atoms with Gasteiger partial charge in [-0.3, -0.25) is 14.8 Å². The average molecular weight is 398 g/mol. The van der Waals surface area contributed by atoms with Crippen LogP contribution in [0, 0.1) is 5.41 Å². The Morgan fingerprint density at radius 3 is 2.97 bits per heavy atom. The molecular weight excluding hydrogens is 370 g/mol. The Morgan fingerprint density at radius 1 is 1.20 bits per heavy atom. The fraction of sp³-hybridized carbons (Fsp3) is 0.320. The molecule has 0 spiro atoms. The Labute approximate surface area is 176 Å². The summed E-state index contributed by atoms with van der Waals surface area (Å²) in [5.41, 5.74) is 8.63. The molecule has 30 heavy (non-hydrogen) atoms. The van der Waals surface area contributed by atoms with E-state index in [-0.39, 0.29) is 0 Å². The molecule has 152 valence electrons. The smallest absolute Gasteiger partial charge is 0.0955 e. The maximum atomic E-state index is 4.77. The van der Waals surface area contributed by atoms with Crippen molar-refractivity contribution in [3.05, 3.63) is 71.0 Å². The van der Waals surface area contributed by atoms with Crippen LogP contribution in [0.15, 0.2) is 53.7 Å². The largest absolute Gasteiger partial charge is 0.296 e. The van der Waals surface area contributed by atoms with Crippen molar-refractivity contribution in [1.82, 2.24) is 20.0 Å². The Kier molecular flexibility index (Phi) is 4.54. The zero-order valence-electron chi connectivity index (χ0n) is 17.8. The van der Waals surface area contributed by atoms with Crippen molar-refractivity contribution in [3.63, 3.8) is 0 Å². The number of aromatic nitrogens is 4. The van der Waals surface area contributed by atoms with Gasteiger partial charge in [-0.2, -0.15) is 10.2 Å². The molecule has 0 saturated heterocycles. The van der Waals surface area contributed by atoms with E-state index in [4.69, 9.17) is 5.10 Å². The number of fused-ring (bicyclic) bond motifs is 2. The SMILES string of the molecule is CN=Cc1cccc(Cn2cc3cc(-c4n[nH]c5c4CCC(C)(C)C5)ccc3n2)c1. The summed E-state index contributed by atoms with van der Waals surface area (Å²) in [4.78, 5) is 4.11. The first-order valence-electron chi connectivity index (χ1n) is 10.6. The van der Waals surface area contributed by atoms with Crippen LogP contribution in [0.1, 0.15) is 42.7 Å². The molecule has 0 saturated carbocycles. The predicted octanol–water partition coefficient (Wildman–Crippen LogP) is 5.04. The summed E-state index contributed by atoms with van der Waals surface area (Å²) < 4.78 is 2.01. The van der Waals surface area contributed by atoms with Crippen LogP contribution >= 0.6 is 0 Å². The molecule has 0 fully saturated rings. The molecule has 2 heterocycles. The van der Waals surface area contributed by atoms with E-state index in [0.717, 1.165) is 41.5 Å². The van der Waals surface area contributed by atoms with Crippen LogP contribution in [-0.2, 0) is 19.4 Å². The van der Waals surface area contributed by atoms with Gasteiger partial charge in [0.1, 0.15) is 0 Å². The van der Waals surface area contributed by atoms with E-state index in [9.17, 15) is 0 Å². The topological polar surface area (TPSA) is 58.9 Å². The van der Waals surface area contributed by atoms with Crippen molar-refractivity contribution in [2.75, 3.05) is 7.05 Å². The second-order valence-electron chi connectivity index (χ2n) is 9.10. The highest BCUT2D eigenvalue weighted by Crippen LogP contribution is 2.38. The molecule has 0 radical (unpaired) electrons. The monoisotopic (exact) mass is 397 g/mol. The van der Waals surface area contributed by atoms with Gasteiger partial charge in [0.25, 0.3) is 0 Å². The van der Waals surface area contributed by atoms with E-state index < -0.39 is 0 Å². The third-order valence-electron chi connectivity index (χ3n) is 6.06. The van der Waals surface area contributed by atoms with E-state index in [1.807, 2.05) is 10.9 Å². The molecule has 1 N–H and O–H groups in total. The number of aliphatic imine (C=N–C) groups is 1. The summed E-state index contributed by atoms with van der Waals surface area (Å²) in [5, 5.41) is 13.9. The van der Waals surface area contributed by atoms with Crippen molar-refractivity contribution >= 4 is 17.1 Å². The van der Waals surface area contributed by atoms with E-state index >= 15 is 0 Å². The van der Waals surface area contributed by atoms with E-state index in [1.54, 1.807) is 7.05 Å². The standard InChI is InChI=1S/C25H27N5/c1-25(2)10-9-21-23(13-25)27-28-24(21)19-7-8-22-20(12-19)16-30(29-22)15-18-6-4-5-17(11-18)14-26-3/h4-8,11-12,14,16H,9-10,13,15H2,1-3H3,(H,27,28). The molecule has 2 aromatic carbocycles. The molecule has 0 aliphatic heterocycles. The van der Waals surface area contributed by atoms with Gasteiger partial charge in [0.15, 0.2) is 0 Å². The lowest BCUT2D eigenvalue weighted by Crippen LogP contribution is -2.21. The maximum Gasteiger partial charge on any atom is 0.0955 e. The van der Waals surface area contributed by atoms with Gasteiger partial charge in [0.05, 0.1) is 17.8 Å². The molecule has 5 nitrogen and oxygen atoms in total. The van der Waals surface area contributed by atoms with Crippen LogP contribution in [-0.4, -0.2) is 33.2 Å². The summed E-state index contributed by atoms with van der Waals surface area (Å²) in [6.45, 7) is 5.41. The number of hydrogen-bond donors (Lipinski definition) is 1. The molecule has 1 aliphatic rings. The van der Waals surface area contributed by atoms with Crippen LogP contribution in [0.4, 0.5) is 0 Å². The van der Waals surface area contributed by atoms with Crippen molar-refractivity contribution in [2.45, 2.75) is 39.7 Å². The second kappa shape index (κ2) is 7.24. The lowest BCUT2D eigenvalue weighted by atomic mass is 9.76. The van der Waals surface area contributed by atoms with Gasteiger partial charge < -0.3 is 0 Å². The van der Waals surface area contributed by atoms with Crippen molar-refractivity contribution in [1.29, 1.82) is 0 Å². The Hall–Kier alpha value is -3.21. The Balaban J connectivity index is 1.44. The third-order valence-corrected chi connectivity index (χ3v) is 6.06. The number of nitrogens with one attached hydrogen (secondary N) is 1. The number of rotatable bonds is 4. The van der Waals surface area contributed by atoms with Gasteiger partial charge >= 0.3 is 0 Å². The highest BCUT2D eigenvalue weighted by Gasteiger charge is 2.29. The molecule has 5 rings (SSSR count). The van der Waals surface area contributed by atoms with Crippen molar-refractivity contribution < 1.29 is 0 Å². The number of hydrogen-bond acceptors (Lipinski definition) is 3. The summed E-state index contributed by atoms with van der Waals surface area (Å²) >= 11 is 0. The van der Waals surface area contributed by atoms with Crippen LogP contribution in [0.2, 0.25) is 0 Å². The first-order valence-corrected chi connectivity index (χ1v) is 10.6. The summed E-state index contributed by atoms with van der Waals surface area (Å²) in [5.74, 6) is 0. The molecular formula is C25H27N5. The van der Waals surface area contributed by atoms with Crippen LogP contribution < -0.4 is 0 Å². The molecule has 0 bridgehead atoms. The minimum atomic E-state index is 0.349. The first-order chi connectivity index (χ1) is 14.5. The molecule has 1 aliphatic carbocycles. The minimum absolute atomic E-state index is 0.349. The van der Waals surface area contributed by atoms with Gasteiger partial charge in [0.2, 0.25) is 0 Å². The highest BCUT2D eigenvalue weighted by molar-refractivity contribution is 5.84. The van der Waals surface area contributed by atoms with E-state index in [1.165, 1.54) is 28.8 Å². The minimum Gasteiger partial charge on any atom is -0.296 e. The number of nitrogens with zero attached hydrogens (tertiary/aromatic N) is 4. The lowest BCUT2D eigenvalue weighted by Gasteiger charge is -2.29. The van der Waals surface area contributed by atoms with Gasteiger partial charge in [-0.25, -0.2) is 0 Å². The molecule has 0 atom stereocenters. The zero-order valence-corrected chi connectivity index (χ0v) is 17.8. The van der Waals surface area contributed by atoms with Crippen molar-refractivity contribution in [3.8, 4) is 11.3 Å². The quantitative estimate of drug-likeness (QED) is 0.491. The van der Waals surface area contributed by atoms with Gasteiger partial charge in [-0.05, 0) is 54.0 Å². The molecule has 2 aromatic heterocycles. The third kappa shape index (κ3) is 3.56. The second-order valence-corrected chi connectivity index (χ2v) is 9.10. The zero-order chi connectivity index (χ0) is 20.7. The molecule has 0 unspecified atom stereocenters. The predicted molar refractivity (Wildman–Crippen MR) is 122 cm³/mol. The molecule has 0 amide bonds. The fourth-order valence-electron chi connectivity index (χ4n) is 4.50. The highest BCUT2D eigenvalue weighted by atomic mass is 15.3. The van der Waals surface area contributed by atoms with E-state index in [2.05, 4.69) is 77.7 Å². The van der Waals surface area contributed by atoms with Crippen molar-refractivity contribution in [2.24, 2.45) is 10.4 Å². The van der Waals surface area contributed by atoms with Crippen LogP contribution in [0.25, 0.3) is 22.2 Å². The Bertz CT molecular complexity index is 1240. The summed E-state index contributed by atoms with van der Waals surface area (Å²) in [6, 6.07) is 14.9.